The number of nitriles is 1. The van der Waals surface area contributed by atoms with Gasteiger partial charge in [-0.2, -0.15) is 18.4 Å². The fourth-order valence-corrected chi connectivity index (χ4v) is 4.21. The molecule has 0 heterocycles. The maximum absolute atomic E-state index is 13.2. The number of hydrogen-bond donors (Lipinski definition) is 0. The standard InChI is InChI=1S/C23H28F3N.C2H3N/c1-27(17-19-7-3-2-4-8-19)16-6-9-18-12-14-20(15-13-18)21-10-5-11-22(21)23(24,25)26;1-2-3/h2-4,7-8,12-15,21-22H,5-6,9-11,16-17H2,1H3;1H3. The first kappa shape index (κ1) is 24.0. The maximum Gasteiger partial charge on any atom is 0.392 e. The molecule has 0 spiro atoms. The van der Waals surface area contributed by atoms with Gasteiger partial charge in [-0.1, -0.05) is 61.0 Å². The Labute approximate surface area is 178 Å². The number of aryl methyl sites for hydroxylation is 1. The van der Waals surface area contributed by atoms with Crippen molar-refractivity contribution in [1.29, 1.82) is 5.26 Å². The van der Waals surface area contributed by atoms with Gasteiger partial charge in [-0.3, -0.25) is 0 Å². The van der Waals surface area contributed by atoms with Crippen molar-refractivity contribution >= 4 is 0 Å². The summed E-state index contributed by atoms with van der Waals surface area (Å²) in [6, 6.07) is 20.0. The van der Waals surface area contributed by atoms with Gasteiger partial charge in [-0.25, -0.2) is 0 Å². The molecule has 2 unspecified atom stereocenters. The average Bonchev–Trinajstić information content (AvgIpc) is 3.20. The molecule has 2 nitrogen and oxygen atoms in total. The SMILES string of the molecule is CC#N.CN(CCCc1ccc(C2CCCC2C(F)(F)F)cc1)Cc1ccccc1. The highest BCUT2D eigenvalue weighted by Crippen LogP contribution is 2.48. The van der Waals surface area contributed by atoms with E-state index in [1.54, 1.807) is 6.07 Å². The van der Waals surface area contributed by atoms with Gasteiger partial charge < -0.3 is 4.90 Å². The summed E-state index contributed by atoms with van der Waals surface area (Å²) in [5.41, 5.74) is 3.35. The molecular formula is C25H31F3N2. The van der Waals surface area contributed by atoms with Crippen LogP contribution in [0.15, 0.2) is 54.6 Å². The molecule has 1 aliphatic rings. The van der Waals surface area contributed by atoms with Gasteiger partial charge in [-0.05, 0) is 61.9 Å². The monoisotopic (exact) mass is 416 g/mol. The molecule has 3 rings (SSSR count). The Morgan fingerprint density at radius 2 is 1.63 bits per heavy atom. The molecule has 1 aliphatic carbocycles. The molecule has 0 amide bonds. The lowest BCUT2D eigenvalue weighted by Gasteiger charge is -2.23. The summed E-state index contributed by atoms with van der Waals surface area (Å²) in [5.74, 6) is -1.54. The van der Waals surface area contributed by atoms with Gasteiger partial charge in [0.1, 0.15) is 0 Å². The van der Waals surface area contributed by atoms with Gasteiger partial charge in [0, 0.05) is 13.5 Å². The Morgan fingerprint density at radius 1 is 1.00 bits per heavy atom. The quantitative estimate of drug-likeness (QED) is 0.500. The van der Waals surface area contributed by atoms with Crippen molar-refractivity contribution in [2.45, 2.75) is 57.7 Å². The van der Waals surface area contributed by atoms with E-state index in [4.69, 9.17) is 5.26 Å². The molecule has 1 fully saturated rings. The van der Waals surface area contributed by atoms with Gasteiger partial charge in [-0.15, -0.1) is 0 Å². The van der Waals surface area contributed by atoms with Crippen molar-refractivity contribution in [2.24, 2.45) is 5.92 Å². The van der Waals surface area contributed by atoms with Gasteiger partial charge in [0.25, 0.3) is 0 Å². The average molecular weight is 417 g/mol. The molecule has 2 aromatic rings. The normalized spacial score (nSPS) is 18.6. The molecule has 30 heavy (non-hydrogen) atoms. The molecule has 5 heteroatoms. The lowest BCUT2D eigenvalue weighted by Crippen LogP contribution is -2.25. The summed E-state index contributed by atoms with van der Waals surface area (Å²) >= 11 is 0. The predicted molar refractivity (Wildman–Crippen MR) is 115 cm³/mol. The molecule has 0 N–H and O–H groups in total. The Balaban J connectivity index is 0.00000101. The zero-order chi connectivity index (χ0) is 22.0. The Kier molecular flexibility index (Phi) is 9.39. The van der Waals surface area contributed by atoms with Crippen molar-refractivity contribution < 1.29 is 13.2 Å². The molecular weight excluding hydrogens is 385 g/mol. The van der Waals surface area contributed by atoms with Gasteiger partial charge in [0.15, 0.2) is 0 Å². The minimum Gasteiger partial charge on any atom is -0.302 e. The van der Waals surface area contributed by atoms with E-state index in [1.165, 1.54) is 18.1 Å². The van der Waals surface area contributed by atoms with E-state index < -0.39 is 12.1 Å². The maximum atomic E-state index is 13.2. The summed E-state index contributed by atoms with van der Waals surface area (Å²) in [4.78, 5) is 2.30. The van der Waals surface area contributed by atoms with Gasteiger partial charge >= 0.3 is 6.18 Å². The van der Waals surface area contributed by atoms with Crippen LogP contribution >= 0.6 is 0 Å². The van der Waals surface area contributed by atoms with Crippen LogP contribution < -0.4 is 0 Å². The molecule has 2 atom stereocenters. The molecule has 0 aliphatic heterocycles. The minimum absolute atomic E-state index is 0.268. The zero-order valence-electron chi connectivity index (χ0n) is 17.8. The summed E-state index contributed by atoms with van der Waals surface area (Å²) in [7, 11) is 2.12. The minimum atomic E-state index is -4.08. The molecule has 1 saturated carbocycles. The summed E-state index contributed by atoms with van der Waals surface area (Å²) in [6.07, 6.45) is -0.505. The van der Waals surface area contributed by atoms with Crippen LogP contribution in [0.4, 0.5) is 13.2 Å². The zero-order valence-corrected chi connectivity index (χ0v) is 17.8. The van der Waals surface area contributed by atoms with E-state index in [-0.39, 0.29) is 12.3 Å². The third-order valence-corrected chi connectivity index (χ3v) is 5.64. The molecule has 162 valence electrons. The fraction of sp³-hybridized carbons (Fsp3) is 0.480. The molecule has 0 bridgehead atoms. The van der Waals surface area contributed by atoms with Crippen molar-refractivity contribution in [3.63, 3.8) is 0 Å². The Hall–Kier alpha value is -2.32. The van der Waals surface area contributed by atoms with E-state index >= 15 is 0 Å². The second kappa shape index (κ2) is 11.8. The summed E-state index contributed by atoms with van der Waals surface area (Å²) in [5, 5.41) is 7.32. The first-order chi connectivity index (χ1) is 14.3. The lowest BCUT2D eigenvalue weighted by molar-refractivity contribution is -0.176. The molecule has 0 radical (unpaired) electrons. The Morgan fingerprint density at radius 3 is 2.23 bits per heavy atom. The number of benzene rings is 2. The van der Waals surface area contributed by atoms with Crippen LogP contribution in [0.25, 0.3) is 0 Å². The lowest BCUT2D eigenvalue weighted by atomic mass is 9.88. The predicted octanol–water partition coefficient (Wildman–Crippen LogP) is 6.73. The van der Waals surface area contributed by atoms with E-state index in [9.17, 15) is 13.2 Å². The van der Waals surface area contributed by atoms with Crippen molar-refractivity contribution in [3.05, 3.63) is 71.3 Å². The first-order valence-corrected chi connectivity index (χ1v) is 10.5. The second-order valence-electron chi connectivity index (χ2n) is 7.98. The number of alkyl halides is 3. The van der Waals surface area contributed by atoms with E-state index in [2.05, 4.69) is 36.2 Å². The summed E-state index contributed by atoms with van der Waals surface area (Å²) < 4.78 is 39.5. The van der Waals surface area contributed by atoms with E-state index in [1.807, 2.05) is 30.3 Å². The van der Waals surface area contributed by atoms with Gasteiger partial charge in [0.05, 0.1) is 12.0 Å². The van der Waals surface area contributed by atoms with E-state index in [0.29, 0.717) is 12.8 Å². The molecule has 0 saturated heterocycles. The molecule has 2 aromatic carbocycles. The Bertz CT molecular complexity index is 779. The largest absolute Gasteiger partial charge is 0.392 e. The van der Waals surface area contributed by atoms with Crippen LogP contribution in [0.5, 0.6) is 0 Å². The van der Waals surface area contributed by atoms with Crippen LogP contribution in [0.3, 0.4) is 0 Å². The number of rotatable bonds is 7. The van der Waals surface area contributed by atoms with Crippen LogP contribution in [0.2, 0.25) is 0 Å². The number of halogens is 3. The van der Waals surface area contributed by atoms with Crippen LogP contribution in [0, 0.1) is 17.2 Å². The number of hydrogen-bond acceptors (Lipinski definition) is 2. The topological polar surface area (TPSA) is 27.0 Å². The highest BCUT2D eigenvalue weighted by Gasteiger charge is 2.47. The molecule has 0 aromatic heterocycles. The highest BCUT2D eigenvalue weighted by atomic mass is 19.4. The van der Waals surface area contributed by atoms with Crippen molar-refractivity contribution in [1.82, 2.24) is 4.90 Å². The number of nitrogens with zero attached hydrogens (tertiary/aromatic N) is 2. The first-order valence-electron chi connectivity index (χ1n) is 10.5. The fourth-order valence-electron chi connectivity index (χ4n) is 4.21. The van der Waals surface area contributed by atoms with Crippen molar-refractivity contribution in [2.75, 3.05) is 13.6 Å². The highest BCUT2D eigenvalue weighted by molar-refractivity contribution is 5.27. The third-order valence-electron chi connectivity index (χ3n) is 5.64. The van der Waals surface area contributed by atoms with Gasteiger partial charge in [0.2, 0.25) is 0 Å². The third kappa shape index (κ3) is 7.50. The van der Waals surface area contributed by atoms with Crippen LogP contribution in [-0.2, 0) is 13.0 Å². The van der Waals surface area contributed by atoms with Crippen LogP contribution in [-0.4, -0.2) is 24.7 Å². The van der Waals surface area contributed by atoms with E-state index in [0.717, 1.165) is 31.5 Å². The second-order valence-corrected chi connectivity index (χ2v) is 7.98. The van der Waals surface area contributed by atoms with Crippen molar-refractivity contribution in [3.8, 4) is 6.07 Å². The smallest absolute Gasteiger partial charge is 0.302 e. The summed E-state index contributed by atoms with van der Waals surface area (Å²) in [6.45, 7) is 3.36. The van der Waals surface area contributed by atoms with Crippen LogP contribution in [0.1, 0.15) is 55.2 Å².